The maximum atomic E-state index is 12.2. The molecule has 2 aromatic rings. The van der Waals surface area contributed by atoms with Crippen LogP contribution in [-0.2, 0) is 4.79 Å². The van der Waals surface area contributed by atoms with Crippen molar-refractivity contribution in [2.24, 2.45) is 0 Å². The van der Waals surface area contributed by atoms with Crippen LogP contribution in [0.25, 0.3) is 6.08 Å². The predicted molar refractivity (Wildman–Crippen MR) is 96.0 cm³/mol. The highest BCUT2D eigenvalue weighted by molar-refractivity contribution is 5.92. The molecule has 1 aliphatic rings. The zero-order valence-corrected chi connectivity index (χ0v) is 14.3. The number of methoxy groups -OCH3 is 1. The van der Waals surface area contributed by atoms with Crippen LogP contribution in [0.5, 0.6) is 17.2 Å². The van der Waals surface area contributed by atoms with Crippen molar-refractivity contribution < 1.29 is 19.0 Å². The van der Waals surface area contributed by atoms with E-state index < -0.39 is 0 Å². The van der Waals surface area contributed by atoms with Gasteiger partial charge in [-0.2, -0.15) is 0 Å². The third-order valence-electron chi connectivity index (χ3n) is 3.98. The van der Waals surface area contributed by atoms with Crippen LogP contribution in [0.15, 0.2) is 48.5 Å². The van der Waals surface area contributed by atoms with Crippen molar-refractivity contribution in [1.29, 1.82) is 0 Å². The van der Waals surface area contributed by atoms with E-state index in [0.717, 1.165) is 28.4 Å². The van der Waals surface area contributed by atoms with Crippen molar-refractivity contribution in [3.05, 3.63) is 59.7 Å². The number of amides is 1. The topological polar surface area (TPSA) is 56.8 Å². The lowest BCUT2D eigenvalue weighted by molar-refractivity contribution is -0.117. The summed E-state index contributed by atoms with van der Waals surface area (Å²) in [6.45, 7) is 3.03. The van der Waals surface area contributed by atoms with Crippen molar-refractivity contribution in [2.75, 3.05) is 20.3 Å². The first kappa shape index (κ1) is 16.9. The maximum absolute atomic E-state index is 12.2. The monoisotopic (exact) mass is 339 g/mol. The Labute approximate surface area is 147 Å². The Kier molecular flexibility index (Phi) is 5.23. The number of benzene rings is 2. The maximum Gasteiger partial charge on any atom is 0.244 e. The molecular weight excluding hydrogens is 318 g/mol. The van der Waals surface area contributed by atoms with E-state index in [1.165, 1.54) is 6.08 Å². The van der Waals surface area contributed by atoms with E-state index in [4.69, 9.17) is 14.2 Å². The van der Waals surface area contributed by atoms with Gasteiger partial charge in [0.2, 0.25) is 5.91 Å². The molecule has 5 nitrogen and oxygen atoms in total. The molecule has 1 unspecified atom stereocenters. The Balaban J connectivity index is 1.65. The molecule has 3 rings (SSSR count). The summed E-state index contributed by atoms with van der Waals surface area (Å²) in [7, 11) is 1.61. The molecule has 0 saturated heterocycles. The third kappa shape index (κ3) is 4.12. The lowest BCUT2D eigenvalue weighted by atomic mass is 10.1. The minimum Gasteiger partial charge on any atom is -0.496 e. The van der Waals surface area contributed by atoms with E-state index in [1.807, 2.05) is 49.4 Å². The first-order valence-electron chi connectivity index (χ1n) is 8.18. The SMILES string of the molecule is COc1ccccc1/C=C/C(=O)NC(C)c1ccc2c(c1)OCCO2. The van der Waals surface area contributed by atoms with E-state index >= 15 is 0 Å². The predicted octanol–water partition coefficient (Wildman–Crippen LogP) is 3.36. The zero-order chi connectivity index (χ0) is 17.6. The summed E-state index contributed by atoms with van der Waals surface area (Å²) in [6.07, 6.45) is 3.25. The molecule has 0 fully saturated rings. The van der Waals surface area contributed by atoms with Gasteiger partial charge in [0, 0.05) is 11.6 Å². The largest absolute Gasteiger partial charge is 0.496 e. The van der Waals surface area contributed by atoms with Gasteiger partial charge >= 0.3 is 0 Å². The summed E-state index contributed by atoms with van der Waals surface area (Å²) in [5.74, 6) is 2.01. The second-order valence-electron chi connectivity index (χ2n) is 5.71. The molecule has 0 aromatic heterocycles. The summed E-state index contributed by atoms with van der Waals surface area (Å²) in [6, 6.07) is 13.1. The number of ether oxygens (including phenoxy) is 3. The van der Waals surface area contributed by atoms with Gasteiger partial charge in [-0.05, 0) is 36.8 Å². The number of hydrogen-bond acceptors (Lipinski definition) is 4. The number of hydrogen-bond donors (Lipinski definition) is 1. The summed E-state index contributed by atoms with van der Waals surface area (Å²) in [5, 5.41) is 2.95. The minimum atomic E-state index is -0.173. The van der Waals surface area contributed by atoms with E-state index in [2.05, 4.69) is 5.32 Å². The molecule has 0 aliphatic carbocycles. The fourth-order valence-electron chi connectivity index (χ4n) is 2.64. The molecule has 0 radical (unpaired) electrons. The fourth-order valence-corrected chi connectivity index (χ4v) is 2.64. The van der Waals surface area contributed by atoms with Crippen LogP contribution in [-0.4, -0.2) is 26.2 Å². The van der Waals surface area contributed by atoms with Crippen LogP contribution in [0, 0.1) is 0 Å². The lowest BCUT2D eigenvalue weighted by Gasteiger charge is -2.20. The highest BCUT2D eigenvalue weighted by Gasteiger charge is 2.15. The Morgan fingerprint density at radius 3 is 2.72 bits per heavy atom. The van der Waals surface area contributed by atoms with Crippen LogP contribution in [0.2, 0.25) is 0 Å². The van der Waals surface area contributed by atoms with Gasteiger partial charge < -0.3 is 19.5 Å². The molecule has 1 N–H and O–H groups in total. The molecular formula is C20H21NO4. The molecule has 130 valence electrons. The van der Waals surface area contributed by atoms with Gasteiger partial charge in [0.1, 0.15) is 19.0 Å². The van der Waals surface area contributed by atoms with E-state index in [1.54, 1.807) is 13.2 Å². The highest BCUT2D eigenvalue weighted by atomic mass is 16.6. The Morgan fingerprint density at radius 2 is 1.92 bits per heavy atom. The average Bonchev–Trinajstić information content (AvgIpc) is 2.66. The first-order chi connectivity index (χ1) is 12.2. The number of para-hydroxylation sites is 1. The van der Waals surface area contributed by atoms with Crippen molar-refractivity contribution in [2.45, 2.75) is 13.0 Å². The number of carbonyl (C=O) groups is 1. The lowest BCUT2D eigenvalue weighted by Crippen LogP contribution is -2.25. The number of fused-ring (bicyclic) bond motifs is 1. The van der Waals surface area contributed by atoms with Gasteiger partial charge in [-0.15, -0.1) is 0 Å². The molecule has 1 heterocycles. The standard InChI is InChI=1S/C20H21NO4/c1-14(16-7-9-18-19(13-16)25-12-11-24-18)21-20(22)10-8-15-5-3-4-6-17(15)23-2/h3-10,13-14H,11-12H2,1-2H3,(H,21,22)/b10-8+. The first-order valence-corrected chi connectivity index (χ1v) is 8.18. The number of nitrogens with one attached hydrogen (secondary N) is 1. The van der Waals surface area contributed by atoms with Crippen LogP contribution in [0.1, 0.15) is 24.1 Å². The molecule has 0 saturated carbocycles. The fraction of sp³-hybridized carbons (Fsp3) is 0.250. The second kappa shape index (κ2) is 7.75. The molecule has 1 aliphatic heterocycles. The quantitative estimate of drug-likeness (QED) is 0.849. The molecule has 0 spiro atoms. The second-order valence-corrected chi connectivity index (χ2v) is 5.71. The summed E-state index contributed by atoms with van der Waals surface area (Å²) < 4.78 is 16.4. The molecule has 1 atom stereocenters. The molecule has 1 amide bonds. The summed E-state index contributed by atoms with van der Waals surface area (Å²) in [4.78, 5) is 12.2. The van der Waals surface area contributed by atoms with Crippen LogP contribution >= 0.6 is 0 Å². The van der Waals surface area contributed by atoms with Gasteiger partial charge in [0.15, 0.2) is 11.5 Å². The van der Waals surface area contributed by atoms with Crippen molar-refractivity contribution >= 4 is 12.0 Å². The van der Waals surface area contributed by atoms with Gasteiger partial charge in [-0.3, -0.25) is 4.79 Å². The van der Waals surface area contributed by atoms with Gasteiger partial charge in [-0.1, -0.05) is 24.3 Å². The van der Waals surface area contributed by atoms with E-state index in [0.29, 0.717) is 13.2 Å². The molecule has 5 heteroatoms. The van der Waals surface area contributed by atoms with Crippen molar-refractivity contribution in [3.63, 3.8) is 0 Å². The minimum absolute atomic E-state index is 0.148. The Morgan fingerprint density at radius 1 is 1.16 bits per heavy atom. The highest BCUT2D eigenvalue weighted by Crippen LogP contribution is 2.32. The molecule has 0 bridgehead atoms. The Bertz CT molecular complexity index is 785. The molecule has 25 heavy (non-hydrogen) atoms. The number of carbonyl (C=O) groups excluding carboxylic acids is 1. The van der Waals surface area contributed by atoms with E-state index in [9.17, 15) is 4.79 Å². The van der Waals surface area contributed by atoms with Crippen molar-refractivity contribution in [1.82, 2.24) is 5.32 Å². The van der Waals surface area contributed by atoms with E-state index in [-0.39, 0.29) is 11.9 Å². The van der Waals surface area contributed by atoms with Crippen LogP contribution in [0.4, 0.5) is 0 Å². The van der Waals surface area contributed by atoms with Crippen molar-refractivity contribution in [3.8, 4) is 17.2 Å². The summed E-state index contributed by atoms with van der Waals surface area (Å²) >= 11 is 0. The zero-order valence-electron chi connectivity index (χ0n) is 14.3. The van der Waals surface area contributed by atoms with Gasteiger partial charge in [0.05, 0.1) is 13.2 Å². The normalized spacial score (nSPS) is 14.2. The molecule has 2 aromatic carbocycles. The van der Waals surface area contributed by atoms with Gasteiger partial charge in [-0.25, -0.2) is 0 Å². The van der Waals surface area contributed by atoms with Crippen LogP contribution < -0.4 is 19.5 Å². The smallest absolute Gasteiger partial charge is 0.244 e. The van der Waals surface area contributed by atoms with Gasteiger partial charge in [0.25, 0.3) is 0 Å². The Hall–Kier alpha value is -2.95. The average molecular weight is 339 g/mol. The summed E-state index contributed by atoms with van der Waals surface area (Å²) in [5.41, 5.74) is 1.82. The van der Waals surface area contributed by atoms with Crippen LogP contribution in [0.3, 0.4) is 0 Å². The number of rotatable bonds is 5. The third-order valence-corrected chi connectivity index (χ3v) is 3.98.